The molecule has 0 saturated heterocycles. The summed E-state index contributed by atoms with van der Waals surface area (Å²) >= 11 is 3.48. The van der Waals surface area contributed by atoms with Crippen molar-refractivity contribution < 1.29 is 4.74 Å². The van der Waals surface area contributed by atoms with E-state index in [9.17, 15) is 0 Å². The van der Waals surface area contributed by atoms with Crippen LogP contribution in [0.5, 0.6) is 5.75 Å². The van der Waals surface area contributed by atoms with Crippen LogP contribution < -0.4 is 10.5 Å². The first kappa shape index (κ1) is 14.1. The lowest BCUT2D eigenvalue weighted by molar-refractivity contribution is 0.300. The first-order valence-electron chi connectivity index (χ1n) is 6.27. The van der Waals surface area contributed by atoms with Crippen LogP contribution in [0.1, 0.15) is 22.3 Å². The molecule has 2 N–H and O–H groups in total. The summed E-state index contributed by atoms with van der Waals surface area (Å²) in [5.41, 5.74) is 10.3. The van der Waals surface area contributed by atoms with E-state index in [1.54, 1.807) is 0 Å². The quantitative estimate of drug-likeness (QED) is 0.920. The van der Waals surface area contributed by atoms with Gasteiger partial charge < -0.3 is 10.5 Å². The molecular weight excluding hydrogens is 302 g/mol. The molecule has 0 amide bonds. The van der Waals surface area contributed by atoms with Gasteiger partial charge in [0.1, 0.15) is 12.4 Å². The van der Waals surface area contributed by atoms with Gasteiger partial charge in [-0.1, -0.05) is 45.8 Å². The van der Waals surface area contributed by atoms with Gasteiger partial charge >= 0.3 is 0 Å². The fraction of sp³-hybridized carbons (Fsp3) is 0.250. The topological polar surface area (TPSA) is 35.2 Å². The van der Waals surface area contributed by atoms with Crippen LogP contribution in [0.2, 0.25) is 0 Å². The van der Waals surface area contributed by atoms with Gasteiger partial charge in [-0.3, -0.25) is 0 Å². The van der Waals surface area contributed by atoms with Crippen molar-refractivity contribution >= 4 is 15.9 Å². The molecule has 0 aromatic heterocycles. The number of halogens is 1. The summed E-state index contributed by atoms with van der Waals surface area (Å²) in [4.78, 5) is 0. The van der Waals surface area contributed by atoms with E-state index in [0.717, 1.165) is 21.3 Å². The lowest BCUT2D eigenvalue weighted by Crippen LogP contribution is -2.04. The lowest BCUT2D eigenvalue weighted by Gasteiger charge is -2.14. The van der Waals surface area contributed by atoms with Gasteiger partial charge in [0.15, 0.2) is 0 Å². The second-order valence-corrected chi connectivity index (χ2v) is 5.61. The number of benzene rings is 2. The Balaban J connectivity index is 2.19. The molecule has 2 rings (SSSR count). The van der Waals surface area contributed by atoms with Gasteiger partial charge in [-0.25, -0.2) is 0 Å². The van der Waals surface area contributed by atoms with Crippen molar-refractivity contribution in [3.63, 3.8) is 0 Å². The van der Waals surface area contributed by atoms with Crippen molar-refractivity contribution in [3.05, 3.63) is 63.1 Å². The maximum atomic E-state index is 5.95. The average molecular weight is 320 g/mol. The Morgan fingerprint density at radius 1 is 1.16 bits per heavy atom. The number of hydrogen-bond donors (Lipinski definition) is 1. The van der Waals surface area contributed by atoms with Crippen molar-refractivity contribution in [2.45, 2.75) is 27.0 Å². The fourth-order valence-corrected chi connectivity index (χ4v) is 2.73. The summed E-state index contributed by atoms with van der Waals surface area (Å²) in [7, 11) is 0. The summed E-state index contributed by atoms with van der Waals surface area (Å²) in [6.07, 6.45) is 0. The number of hydrogen-bond acceptors (Lipinski definition) is 2. The molecular formula is C16H18BrNO. The molecule has 0 bridgehead atoms. The highest BCUT2D eigenvalue weighted by molar-refractivity contribution is 9.10. The minimum Gasteiger partial charge on any atom is -0.488 e. The van der Waals surface area contributed by atoms with Gasteiger partial charge in [-0.15, -0.1) is 0 Å². The van der Waals surface area contributed by atoms with E-state index in [2.05, 4.69) is 41.1 Å². The van der Waals surface area contributed by atoms with Gasteiger partial charge in [0.2, 0.25) is 0 Å². The largest absolute Gasteiger partial charge is 0.488 e. The Bertz CT molecular complexity index is 581. The van der Waals surface area contributed by atoms with Crippen LogP contribution in [-0.2, 0) is 13.2 Å². The molecule has 100 valence electrons. The molecule has 19 heavy (non-hydrogen) atoms. The molecule has 0 aliphatic carbocycles. The predicted octanol–water partition coefficient (Wildman–Crippen LogP) is 4.10. The van der Waals surface area contributed by atoms with Crippen molar-refractivity contribution in [2.24, 2.45) is 5.73 Å². The minimum absolute atomic E-state index is 0.476. The highest BCUT2D eigenvalue weighted by Gasteiger charge is 2.08. The number of ether oxygens (including phenoxy) is 1. The first-order valence-corrected chi connectivity index (χ1v) is 7.07. The fourth-order valence-electron chi connectivity index (χ4n) is 2.11. The molecule has 2 nitrogen and oxygen atoms in total. The Kier molecular flexibility index (Phi) is 4.61. The number of aryl methyl sites for hydroxylation is 2. The molecule has 0 radical (unpaired) electrons. The van der Waals surface area contributed by atoms with Crippen molar-refractivity contribution in [1.29, 1.82) is 0 Å². The van der Waals surface area contributed by atoms with E-state index in [1.165, 1.54) is 11.1 Å². The van der Waals surface area contributed by atoms with E-state index in [4.69, 9.17) is 10.5 Å². The van der Waals surface area contributed by atoms with E-state index in [-0.39, 0.29) is 0 Å². The van der Waals surface area contributed by atoms with Gasteiger partial charge in [0, 0.05) is 16.6 Å². The van der Waals surface area contributed by atoms with Crippen LogP contribution in [0.15, 0.2) is 40.9 Å². The zero-order valence-corrected chi connectivity index (χ0v) is 12.8. The molecule has 0 spiro atoms. The maximum Gasteiger partial charge on any atom is 0.127 e. The summed E-state index contributed by atoms with van der Waals surface area (Å²) in [6, 6.07) is 12.4. The minimum atomic E-state index is 0.476. The molecule has 2 aromatic rings. The van der Waals surface area contributed by atoms with Gasteiger partial charge in [-0.05, 0) is 37.1 Å². The second-order valence-electron chi connectivity index (χ2n) is 4.69. The molecule has 2 aromatic carbocycles. The lowest BCUT2D eigenvalue weighted by atomic mass is 10.1. The van der Waals surface area contributed by atoms with E-state index in [0.29, 0.717) is 13.2 Å². The van der Waals surface area contributed by atoms with Crippen LogP contribution in [0, 0.1) is 13.8 Å². The third-order valence-electron chi connectivity index (χ3n) is 3.00. The van der Waals surface area contributed by atoms with Crippen LogP contribution in [-0.4, -0.2) is 0 Å². The van der Waals surface area contributed by atoms with Crippen LogP contribution in [0.4, 0.5) is 0 Å². The first-order chi connectivity index (χ1) is 9.10. The summed E-state index contributed by atoms with van der Waals surface area (Å²) in [6.45, 7) is 5.16. The van der Waals surface area contributed by atoms with E-state index < -0.39 is 0 Å². The van der Waals surface area contributed by atoms with Crippen LogP contribution >= 0.6 is 15.9 Å². The Morgan fingerprint density at radius 3 is 2.63 bits per heavy atom. The van der Waals surface area contributed by atoms with Crippen molar-refractivity contribution in [3.8, 4) is 5.75 Å². The standard InChI is InChI=1S/C16H18BrNO/c1-11-4-3-5-13(6-11)10-19-16-12(2)7-15(17)8-14(16)9-18/h3-8H,9-10,18H2,1-2H3. The van der Waals surface area contributed by atoms with E-state index in [1.807, 2.05) is 25.1 Å². The Morgan fingerprint density at radius 2 is 1.95 bits per heavy atom. The second kappa shape index (κ2) is 6.22. The molecule has 0 heterocycles. The van der Waals surface area contributed by atoms with E-state index >= 15 is 0 Å². The van der Waals surface area contributed by atoms with Gasteiger partial charge in [0.25, 0.3) is 0 Å². The van der Waals surface area contributed by atoms with Crippen LogP contribution in [0.25, 0.3) is 0 Å². The summed E-state index contributed by atoms with van der Waals surface area (Å²) < 4.78 is 6.99. The Hall–Kier alpha value is -1.32. The Labute approximate surface area is 122 Å². The SMILES string of the molecule is Cc1cccc(COc2c(C)cc(Br)cc2CN)c1. The molecule has 0 saturated carbocycles. The van der Waals surface area contributed by atoms with Gasteiger partial charge in [0.05, 0.1) is 0 Å². The smallest absolute Gasteiger partial charge is 0.127 e. The zero-order valence-electron chi connectivity index (χ0n) is 11.2. The number of nitrogens with two attached hydrogens (primary N) is 1. The normalized spacial score (nSPS) is 10.5. The maximum absolute atomic E-state index is 5.95. The third-order valence-corrected chi connectivity index (χ3v) is 3.46. The van der Waals surface area contributed by atoms with Crippen molar-refractivity contribution in [1.82, 2.24) is 0 Å². The number of rotatable bonds is 4. The summed E-state index contributed by atoms with van der Waals surface area (Å²) in [5.74, 6) is 0.896. The third kappa shape index (κ3) is 3.58. The van der Waals surface area contributed by atoms with Crippen molar-refractivity contribution in [2.75, 3.05) is 0 Å². The molecule has 0 fully saturated rings. The average Bonchev–Trinajstić information content (AvgIpc) is 2.37. The highest BCUT2D eigenvalue weighted by Crippen LogP contribution is 2.28. The molecule has 0 aliphatic heterocycles. The molecule has 0 aliphatic rings. The zero-order chi connectivity index (χ0) is 13.8. The molecule has 0 atom stereocenters. The highest BCUT2D eigenvalue weighted by atomic mass is 79.9. The summed E-state index contributed by atoms with van der Waals surface area (Å²) in [5, 5.41) is 0. The molecule has 0 unspecified atom stereocenters. The molecule has 3 heteroatoms. The van der Waals surface area contributed by atoms with Crippen LogP contribution in [0.3, 0.4) is 0 Å². The monoisotopic (exact) mass is 319 g/mol. The van der Waals surface area contributed by atoms with Gasteiger partial charge in [-0.2, -0.15) is 0 Å². The predicted molar refractivity (Wildman–Crippen MR) is 82.3 cm³/mol.